The van der Waals surface area contributed by atoms with Crippen LogP contribution in [-0.4, -0.2) is 0 Å². The van der Waals surface area contributed by atoms with Crippen LogP contribution in [0.5, 0.6) is 0 Å². The summed E-state index contributed by atoms with van der Waals surface area (Å²) < 4.78 is 1.35. The van der Waals surface area contributed by atoms with Gasteiger partial charge in [-0.15, -0.1) is 22.9 Å². The average Bonchev–Trinajstić information content (AvgIpc) is 2.59. The van der Waals surface area contributed by atoms with Crippen molar-refractivity contribution in [3.8, 4) is 0 Å². The second-order valence-corrected chi connectivity index (χ2v) is 4.47. The highest BCUT2D eigenvalue weighted by Gasteiger charge is 2.06. The van der Waals surface area contributed by atoms with Gasteiger partial charge in [0.2, 0.25) is 0 Å². The minimum atomic E-state index is 0.612. The normalized spacial score (nSPS) is 11.0. The molecular weight excluding hydrogens is 200 g/mol. The zero-order valence-corrected chi connectivity index (χ0v) is 9.30. The largest absolute Gasteiger partial charge is 0.144 e. The molecule has 0 N–H and O–H groups in total. The van der Waals surface area contributed by atoms with Crippen molar-refractivity contribution in [1.82, 2.24) is 0 Å². The Labute approximate surface area is 87.2 Å². The number of fused-ring (bicyclic) bond motifs is 1. The van der Waals surface area contributed by atoms with E-state index < -0.39 is 0 Å². The Bertz CT molecular complexity index is 443. The van der Waals surface area contributed by atoms with E-state index in [1.807, 2.05) is 0 Å². The van der Waals surface area contributed by atoms with Crippen molar-refractivity contribution in [2.24, 2.45) is 0 Å². The monoisotopic (exact) mass is 210 g/mol. The van der Waals surface area contributed by atoms with E-state index in [0.717, 1.165) is 0 Å². The fourth-order valence-corrected chi connectivity index (χ4v) is 2.78. The molecule has 0 nitrogen and oxygen atoms in total. The lowest BCUT2D eigenvalue weighted by atomic mass is 10.0. The molecule has 0 fully saturated rings. The molecule has 0 spiro atoms. The third-order valence-corrected chi connectivity index (χ3v) is 3.74. The molecule has 0 aliphatic carbocycles. The van der Waals surface area contributed by atoms with Crippen LogP contribution in [0.15, 0.2) is 17.5 Å². The first-order chi connectivity index (χ1) is 6.24. The van der Waals surface area contributed by atoms with Crippen molar-refractivity contribution >= 4 is 33.0 Å². The van der Waals surface area contributed by atoms with Crippen molar-refractivity contribution < 1.29 is 0 Å². The summed E-state index contributed by atoms with van der Waals surface area (Å²) in [4.78, 5) is 0. The first kappa shape index (κ1) is 9.04. The molecule has 13 heavy (non-hydrogen) atoms. The number of thiophene rings is 1. The predicted molar refractivity (Wildman–Crippen MR) is 60.9 cm³/mol. The Balaban J connectivity index is 2.83. The lowest BCUT2D eigenvalue weighted by Gasteiger charge is -2.07. The first-order valence-electron chi connectivity index (χ1n) is 4.26. The van der Waals surface area contributed by atoms with Crippen LogP contribution in [0, 0.1) is 13.8 Å². The molecule has 0 amide bonds. The van der Waals surface area contributed by atoms with Crippen LogP contribution in [-0.2, 0) is 5.88 Å². The fraction of sp³-hybridized carbons (Fsp3) is 0.273. The van der Waals surface area contributed by atoms with Gasteiger partial charge in [0.25, 0.3) is 0 Å². The number of halogens is 1. The quantitative estimate of drug-likeness (QED) is 0.618. The van der Waals surface area contributed by atoms with E-state index in [0.29, 0.717) is 5.88 Å². The van der Waals surface area contributed by atoms with Gasteiger partial charge in [-0.05, 0) is 53.4 Å². The summed E-state index contributed by atoms with van der Waals surface area (Å²) in [5, 5.41) is 3.51. The van der Waals surface area contributed by atoms with Crippen LogP contribution in [0.25, 0.3) is 10.1 Å². The molecule has 1 aromatic heterocycles. The second kappa shape index (κ2) is 3.32. The molecule has 1 heterocycles. The number of alkyl halides is 1. The SMILES string of the molecule is Cc1c(CCl)cc2sccc2c1C. The van der Waals surface area contributed by atoms with Gasteiger partial charge in [0.1, 0.15) is 0 Å². The highest BCUT2D eigenvalue weighted by molar-refractivity contribution is 7.17. The highest BCUT2D eigenvalue weighted by atomic mass is 35.5. The molecule has 2 heteroatoms. The summed E-state index contributed by atoms with van der Waals surface area (Å²) >= 11 is 7.66. The van der Waals surface area contributed by atoms with Crippen molar-refractivity contribution in [3.05, 3.63) is 34.2 Å². The van der Waals surface area contributed by atoms with Gasteiger partial charge >= 0.3 is 0 Å². The maximum absolute atomic E-state index is 5.88. The van der Waals surface area contributed by atoms with Crippen molar-refractivity contribution in [1.29, 1.82) is 0 Å². The highest BCUT2D eigenvalue weighted by Crippen LogP contribution is 2.29. The fourth-order valence-electron chi connectivity index (χ4n) is 1.59. The average molecular weight is 211 g/mol. The van der Waals surface area contributed by atoms with Crippen LogP contribution < -0.4 is 0 Å². The van der Waals surface area contributed by atoms with E-state index in [2.05, 4.69) is 31.4 Å². The summed E-state index contributed by atoms with van der Waals surface area (Å²) in [6, 6.07) is 4.38. The number of hydrogen-bond acceptors (Lipinski definition) is 1. The Morgan fingerprint density at radius 2 is 2.08 bits per heavy atom. The minimum absolute atomic E-state index is 0.612. The Morgan fingerprint density at radius 1 is 1.31 bits per heavy atom. The summed E-state index contributed by atoms with van der Waals surface area (Å²) in [5.41, 5.74) is 3.96. The van der Waals surface area contributed by atoms with E-state index in [1.165, 1.54) is 26.8 Å². The summed E-state index contributed by atoms with van der Waals surface area (Å²) in [5.74, 6) is 0.612. The zero-order valence-electron chi connectivity index (χ0n) is 7.73. The molecule has 0 aliphatic heterocycles. The van der Waals surface area contributed by atoms with Gasteiger partial charge in [0.15, 0.2) is 0 Å². The van der Waals surface area contributed by atoms with Crippen molar-refractivity contribution in [2.75, 3.05) is 0 Å². The van der Waals surface area contributed by atoms with Gasteiger partial charge < -0.3 is 0 Å². The van der Waals surface area contributed by atoms with Crippen molar-refractivity contribution in [3.63, 3.8) is 0 Å². The van der Waals surface area contributed by atoms with Gasteiger partial charge in [-0.25, -0.2) is 0 Å². The lowest BCUT2D eigenvalue weighted by molar-refractivity contribution is 1.27. The molecule has 0 saturated carbocycles. The first-order valence-corrected chi connectivity index (χ1v) is 5.67. The van der Waals surface area contributed by atoms with Crippen molar-refractivity contribution in [2.45, 2.75) is 19.7 Å². The van der Waals surface area contributed by atoms with Gasteiger partial charge in [0, 0.05) is 10.6 Å². The molecule has 2 aromatic rings. The lowest BCUT2D eigenvalue weighted by Crippen LogP contribution is -1.88. The minimum Gasteiger partial charge on any atom is -0.144 e. The van der Waals surface area contributed by atoms with E-state index in [1.54, 1.807) is 11.3 Å². The molecule has 0 unspecified atom stereocenters. The molecule has 0 atom stereocenters. The smallest absolute Gasteiger partial charge is 0.0477 e. The zero-order chi connectivity index (χ0) is 9.42. The van der Waals surface area contributed by atoms with Gasteiger partial charge in [0.05, 0.1) is 0 Å². The molecule has 1 aromatic carbocycles. The number of aryl methyl sites for hydroxylation is 1. The van der Waals surface area contributed by atoms with Crippen LogP contribution in [0.1, 0.15) is 16.7 Å². The van der Waals surface area contributed by atoms with Crippen LogP contribution in [0.2, 0.25) is 0 Å². The number of benzene rings is 1. The molecule has 0 radical (unpaired) electrons. The predicted octanol–water partition coefficient (Wildman–Crippen LogP) is 4.26. The van der Waals surface area contributed by atoms with E-state index in [9.17, 15) is 0 Å². The van der Waals surface area contributed by atoms with Crippen LogP contribution in [0.4, 0.5) is 0 Å². The Hall–Kier alpha value is -0.530. The van der Waals surface area contributed by atoms with E-state index in [-0.39, 0.29) is 0 Å². The van der Waals surface area contributed by atoms with Crippen LogP contribution in [0.3, 0.4) is 0 Å². The van der Waals surface area contributed by atoms with Gasteiger partial charge in [-0.1, -0.05) is 0 Å². The molecule has 0 bridgehead atoms. The summed E-state index contributed by atoms with van der Waals surface area (Å²) in [6.07, 6.45) is 0. The van der Waals surface area contributed by atoms with E-state index >= 15 is 0 Å². The summed E-state index contributed by atoms with van der Waals surface area (Å²) in [7, 11) is 0. The molecule has 2 rings (SSSR count). The summed E-state index contributed by atoms with van der Waals surface area (Å²) in [6.45, 7) is 4.31. The Morgan fingerprint density at radius 3 is 2.77 bits per heavy atom. The molecular formula is C11H11ClS. The van der Waals surface area contributed by atoms with Crippen LogP contribution >= 0.6 is 22.9 Å². The maximum atomic E-state index is 5.88. The van der Waals surface area contributed by atoms with Gasteiger partial charge in [-0.3, -0.25) is 0 Å². The van der Waals surface area contributed by atoms with E-state index in [4.69, 9.17) is 11.6 Å². The second-order valence-electron chi connectivity index (χ2n) is 3.25. The third kappa shape index (κ3) is 1.36. The Kier molecular flexibility index (Phi) is 2.31. The molecule has 0 saturated heterocycles. The topological polar surface area (TPSA) is 0 Å². The number of rotatable bonds is 1. The maximum Gasteiger partial charge on any atom is 0.0477 e. The standard InChI is InChI=1S/C11H11ClS/c1-7-8(2)10-3-4-13-11(10)5-9(7)6-12/h3-5H,6H2,1-2H3. The molecule has 0 aliphatic rings. The molecule has 68 valence electrons. The third-order valence-electron chi connectivity index (χ3n) is 2.59. The number of hydrogen-bond donors (Lipinski definition) is 0. The van der Waals surface area contributed by atoms with Gasteiger partial charge in [-0.2, -0.15) is 0 Å².